The molecule has 16 heavy (non-hydrogen) atoms. The highest BCUT2D eigenvalue weighted by molar-refractivity contribution is 7.81. The number of hydrogen-bond donors (Lipinski definition) is 1. The second-order valence-corrected chi connectivity index (χ2v) is 4.70. The molecule has 1 aromatic carbocycles. The molecule has 1 atom stereocenters. The number of methoxy groups -OCH3 is 1. The Hall–Kier alpha value is -1.16. The van der Waals surface area contributed by atoms with Gasteiger partial charge in [-0.2, -0.15) is 12.6 Å². The molecule has 0 aliphatic carbocycles. The van der Waals surface area contributed by atoms with Gasteiger partial charge in [0, 0.05) is 23.8 Å². The minimum atomic E-state index is 0.136. The van der Waals surface area contributed by atoms with Crippen molar-refractivity contribution in [3.63, 3.8) is 0 Å². The Morgan fingerprint density at radius 3 is 2.81 bits per heavy atom. The van der Waals surface area contributed by atoms with E-state index in [0.717, 1.165) is 17.0 Å². The van der Waals surface area contributed by atoms with Crippen LogP contribution in [0, 0.1) is 6.92 Å². The van der Waals surface area contributed by atoms with E-state index < -0.39 is 0 Å². The van der Waals surface area contributed by atoms with E-state index >= 15 is 0 Å². The Balaban J connectivity index is 2.37. The monoisotopic (exact) mass is 237 g/mol. The number of carbonyl (C=O) groups excluding carboxylic acids is 1. The first kappa shape index (κ1) is 11.3. The summed E-state index contributed by atoms with van der Waals surface area (Å²) in [5.41, 5.74) is 1.93. The second-order valence-electron chi connectivity index (χ2n) is 3.97. The lowest BCUT2D eigenvalue weighted by atomic mass is 10.1. The SMILES string of the molecule is COc1cccc(N2CC(S)CC2=O)c1C. The van der Waals surface area contributed by atoms with Gasteiger partial charge in [-0.3, -0.25) is 4.79 Å². The van der Waals surface area contributed by atoms with E-state index in [2.05, 4.69) is 12.6 Å². The van der Waals surface area contributed by atoms with Crippen LogP contribution in [0.15, 0.2) is 18.2 Å². The summed E-state index contributed by atoms with van der Waals surface area (Å²) in [6.45, 7) is 2.64. The van der Waals surface area contributed by atoms with Gasteiger partial charge in [-0.25, -0.2) is 0 Å². The van der Waals surface area contributed by atoms with Crippen LogP contribution in [0.4, 0.5) is 5.69 Å². The molecule has 3 nitrogen and oxygen atoms in total. The lowest BCUT2D eigenvalue weighted by Gasteiger charge is -2.19. The van der Waals surface area contributed by atoms with Gasteiger partial charge in [-0.1, -0.05) is 6.07 Å². The van der Waals surface area contributed by atoms with Crippen LogP contribution in [-0.2, 0) is 4.79 Å². The molecule has 1 heterocycles. The van der Waals surface area contributed by atoms with Crippen molar-refractivity contribution in [1.29, 1.82) is 0 Å². The van der Waals surface area contributed by atoms with Gasteiger partial charge in [0.25, 0.3) is 0 Å². The fourth-order valence-electron chi connectivity index (χ4n) is 2.04. The number of nitrogens with zero attached hydrogens (tertiary/aromatic N) is 1. The van der Waals surface area contributed by atoms with Crippen molar-refractivity contribution in [2.45, 2.75) is 18.6 Å². The van der Waals surface area contributed by atoms with Crippen LogP contribution in [-0.4, -0.2) is 24.8 Å². The third-order valence-corrected chi connectivity index (χ3v) is 3.22. The van der Waals surface area contributed by atoms with Crippen LogP contribution in [0.1, 0.15) is 12.0 Å². The van der Waals surface area contributed by atoms with Gasteiger partial charge in [0.15, 0.2) is 0 Å². The molecule has 0 radical (unpaired) electrons. The maximum absolute atomic E-state index is 11.8. The van der Waals surface area contributed by atoms with Gasteiger partial charge in [-0.05, 0) is 19.1 Å². The highest BCUT2D eigenvalue weighted by Crippen LogP contribution is 2.31. The van der Waals surface area contributed by atoms with E-state index in [9.17, 15) is 4.79 Å². The zero-order chi connectivity index (χ0) is 11.7. The zero-order valence-electron chi connectivity index (χ0n) is 9.43. The number of carbonyl (C=O) groups is 1. The van der Waals surface area contributed by atoms with E-state index in [1.807, 2.05) is 25.1 Å². The average molecular weight is 237 g/mol. The summed E-state index contributed by atoms with van der Waals surface area (Å²) in [6, 6.07) is 5.75. The summed E-state index contributed by atoms with van der Waals surface area (Å²) < 4.78 is 5.25. The first-order chi connectivity index (χ1) is 7.63. The normalized spacial score (nSPS) is 20.3. The fraction of sp³-hybridized carbons (Fsp3) is 0.417. The van der Waals surface area contributed by atoms with Crippen LogP contribution in [0.5, 0.6) is 5.75 Å². The van der Waals surface area contributed by atoms with Crippen molar-refractivity contribution < 1.29 is 9.53 Å². The zero-order valence-corrected chi connectivity index (χ0v) is 10.3. The molecular weight excluding hydrogens is 222 g/mol. The molecule has 1 unspecified atom stereocenters. The molecule has 2 rings (SSSR count). The summed E-state index contributed by atoms with van der Waals surface area (Å²) in [7, 11) is 1.64. The van der Waals surface area contributed by atoms with E-state index in [1.165, 1.54) is 0 Å². The summed E-state index contributed by atoms with van der Waals surface area (Å²) in [6.07, 6.45) is 0.514. The number of benzene rings is 1. The Morgan fingerprint density at radius 1 is 1.50 bits per heavy atom. The topological polar surface area (TPSA) is 29.5 Å². The van der Waals surface area contributed by atoms with Gasteiger partial charge >= 0.3 is 0 Å². The molecule has 1 aromatic rings. The Bertz CT molecular complexity index is 419. The number of thiol groups is 1. The van der Waals surface area contributed by atoms with Gasteiger partial charge in [-0.15, -0.1) is 0 Å². The molecule has 1 aliphatic rings. The highest BCUT2D eigenvalue weighted by atomic mass is 32.1. The smallest absolute Gasteiger partial charge is 0.228 e. The Kier molecular flexibility index (Phi) is 3.10. The highest BCUT2D eigenvalue weighted by Gasteiger charge is 2.29. The Morgan fingerprint density at radius 2 is 2.25 bits per heavy atom. The predicted octanol–water partition coefficient (Wildman–Crippen LogP) is 2.04. The number of ether oxygens (including phenoxy) is 1. The number of anilines is 1. The Labute approximate surface area is 101 Å². The lowest BCUT2D eigenvalue weighted by Crippen LogP contribution is -2.25. The number of rotatable bonds is 2. The van der Waals surface area contributed by atoms with E-state index in [-0.39, 0.29) is 11.2 Å². The molecule has 0 spiro atoms. The summed E-state index contributed by atoms with van der Waals surface area (Å²) in [5, 5.41) is 0.137. The van der Waals surface area contributed by atoms with Gasteiger partial charge in [0.2, 0.25) is 5.91 Å². The fourth-order valence-corrected chi connectivity index (χ4v) is 2.36. The van der Waals surface area contributed by atoms with Gasteiger partial charge in [0.1, 0.15) is 5.75 Å². The molecule has 0 saturated carbocycles. The van der Waals surface area contributed by atoms with Gasteiger partial charge in [0.05, 0.1) is 12.8 Å². The molecule has 1 aliphatic heterocycles. The molecule has 86 valence electrons. The average Bonchev–Trinajstić information content (AvgIpc) is 2.58. The van der Waals surface area contributed by atoms with E-state index in [4.69, 9.17) is 4.74 Å². The van der Waals surface area contributed by atoms with Crippen molar-refractivity contribution in [3.8, 4) is 5.75 Å². The molecule has 1 saturated heterocycles. The second kappa shape index (κ2) is 4.37. The predicted molar refractivity (Wildman–Crippen MR) is 67.5 cm³/mol. The number of hydrogen-bond acceptors (Lipinski definition) is 3. The summed E-state index contributed by atoms with van der Waals surface area (Å²) >= 11 is 4.35. The van der Waals surface area contributed by atoms with E-state index in [0.29, 0.717) is 13.0 Å². The standard InChI is InChI=1S/C12H15NO2S/c1-8-10(4-3-5-11(8)15-2)13-7-9(16)6-12(13)14/h3-5,9,16H,6-7H2,1-2H3. The third kappa shape index (κ3) is 1.89. The van der Waals surface area contributed by atoms with Crippen molar-refractivity contribution in [2.75, 3.05) is 18.6 Å². The first-order valence-corrected chi connectivity index (χ1v) is 5.77. The minimum absolute atomic E-state index is 0.136. The number of amides is 1. The van der Waals surface area contributed by atoms with Crippen LogP contribution in [0.3, 0.4) is 0 Å². The van der Waals surface area contributed by atoms with Crippen molar-refractivity contribution in [2.24, 2.45) is 0 Å². The maximum atomic E-state index is 11.8. The molecule has 1 fully saturated rings. The van der Waals surface area contributed by atoms with Crippen LogP contribution in [0.2, 0.25) is 0 Å². The molecule has 0 aromatic heterocycles. The van der Waals surface area contributed by atoms with Crippen molar-refractivity contribution in [3.05, 3.63) is 23.8 Å². The summed E-state index contributed by atoms with van der Waals surface area (Å²) in [4.78, 5) is 13.6. The van der Waals surface area contributed by atoms with Crippen molar-refractivity contribution in [1.82, 2.24) is 0 Å². The van der Waals surface area contributed by atoms with Gasteiger partial charge < -0.3 is 9.64 Å². The summed E-state index contributed by atoms with van der Waals surface area (Å²) in [5.74, 6) is 0.948. The molecule has 4 heteroatoms. The minimum Gasteiger partial charge on any atom is -0.496 e. The molecule has 0 bridgehead atoms. The maximum Gasteiger partial charge on any atom is 0.228 e. The lowest BCUT2D eigenvalue weighted by molar-refractivity contribution is -0.117. The molecular formula is C12H15NO2S. The van der Waals surface area contributed by atoms with Crippen molar-refractivity contribution >= 4 is 24.2 Å². The van der Waals surface area contributed by atoms with Crippen LogP contribution >= 0.6 is 12.6 Å². The third-order valence-electron chi connectivity index (χ3n) is 2.87. The van der Waals surface area contributed by atoms with Crippen LogP contribution in [0.25, 0.3) is 0 Å². The molecule has 1 amide bonds. The van der Waals surface area contributed by atoms with Crippen LogP contribution < -0.4 is 9.64 Å². The molecule has 0 N–H and O–H groups in total. The largest absolute Gasteiger partial charge is 0.496 e. The first-order valence-electron chi connectivity index (χ1n) is 5.25. The van der Waals surface area contributed by atoms with E-state index in [1.54, 1.807) is 12.0 Å². The quantitative estimate of drug-likeness (QED) is 0.798.